The molecular formula is C26H33NO3. The van der Waals surface area contributed by atoms with Crippen LogP contribution in [0.5, 0.6) is 5.75 Å². The van der Waals surface area contributed by atoms with Crippen LogP contribution in [0.3, 0.4) is 0 Å². The van der Waals surface area contributed by atoms with Crippen molar-refractivity contribution in [1.82, 2.24) is 4.90 Å². The molecule has 4 unspecified atom stereocenters. The minimum absolute atomic E-state index is 0.0262. The molecule has 4 rings (SSSR count). The monoisotopic (exact) mass is 407 g/mol. The van der Waals surface area contributed by atoms with Crippen molar-refractivity contribution in [3.05, 3.63) is 65.7 Å². The number of nitrogens with zero attached hydrogens (tertiary/aromatic N) is 1. The molecule has 0 amide bonds. The quantitative estimate of drug-likeness (QED) is 0.629. The molecule has 4 heteroatoms. The molecule has 0 spiro atoms. The molecule has 1 heterocycles. The molecule has 2 fully saturated rings. The summed E-state index contributed by atoms with van der Waals surface area (Å²) in [6.45, 7) is 7.57. The molecule has 1 aliphatic heterocycles. The summed E-state index contributed by atoms with van der Waals surface area (Å²) in [5, 5.41) is 0. The van der Waals surface area contributed by atoms with E-state index in [2.05, 4.69) is 49.9 Å². The molecule has 0 N–H and O–H groups in total. The molecular weight excluding hydrogens is 374 g/mol. The molecule has 30 heavy (non-hydrogen) atoms. The minimum atomic E-state index is -0.583. The van der Waals surface area contributed by atoms with Crippen molar-refractivity contribution in [3.8, 4) is 5.75 Å². The van der Waals surface area contributed by atoms with Crippen molar-refractivity contribution in [1.29, 1.82) is 0 Å². The van der Waals surface area contributed by atoms with Gasteiger partial charge in [0.15, 0.2) is 6.23 Å². The Hall–Kier alpha value is -2.17. The van der Waals surface area contributed by atoms with Crippen molar-refractivity contribution in [2.45, 2.75) is 64.4 Å². The molecule has 1 aliphatic carbocycles. The van der Waals surface area contributed by atoms with Crippen LogP contribution in [0.1, 0.15) is 56.0 Å². The van der Waals surface area contributed by atoms with Crippen molar-refractivity contribution in [2.75, 3.05) is 7.11 Å². The van der Waals surface area contributed by atoms with Gasteiger partial charge in [0.2, 0.25) is 5.78 Å². The predicted octanol–water partition coefficient (Wildman–Crippen LogP) is 5.32. The van der Waals surface area contributed by atoms with Gasteiger partial charge >= 0.3 is 0 Å². The van der Waals surface area contributed by atoms with Gasteiger partial charge in [-0.3, -0.25) is 9.69 Å². The molecule has 0 radical (unpaired) electrons. The zero-order valence-electron chi connectivity index (χ0n) is 18.5. The average Bonchev–Trinajstić information content (AvgIpc) is 2.75. The van der Waals surface area contributed by atoms with Crippen LogP contribution in [0, 0.1) is 11.8 Å². The number of rotatable bonds is 5. The Balaban J connectivity index is 1.68. The third-order valence-corrected chi connectivity index (χ3v) is 7.08. The Kier molecular flexibility index (Phi) is 5.99. The number of carbonyl (C=O) groups excluding carboxylic acids is 1. The topological polar surface area (TPSA) is 38.8 Å². The molecule has 0 bridgehead atoms. The van der Waals surface area contributed by atoms with Crippen LogP contribution in [0.15, 0.2) is 54.6 Å². The Bertz CT molecular complexity index is 862. The number of benzene rings is 2. The lowest BCUT2D eigenvalue weighted by atomic mass is 9.69. The van der Waals surface area contributed by atoms with E-state index in [-0.39, 0.29) is 17.4 Å². The van der Waals surface area contributed by atoms with Crippen LogP contribution >= 0.6 is 0 Å². The summed E-state index contributed by atoms with van der Waals surface area (Å²) in [7, 11) is 1.63. The minimum Gasteiger partial charge on any atom is -0.497 e. The summed E-state index contributed by atoms with van der Waals surface area (Å²) < 4.78 is 11.9. The van der Waals surface area contributed by atoms with Crippen molar-refractivity contribution >= 4 is 5.78 Å². The van der Waals surface area contributed by atoms with Gasteiger partial charge in [-0.05, 0) is 62.4 Å². The number of methoxy groups -OCH3 is 1. The van der Waals surface area contributed by atoms with Crippen LogP contribution in [-0.2, 0) is 11.3 Å². The van der Waals surface area contributed by atoms with Crippen molar-refractivity contribution in [3.63, 3.8) is 0 Å². The van der Waals surface area contributed by atoms with Crippen LogP contribution in [-0.4, -0.2) is 35.7 Å². The molecule has 1 saturated heterocycles. The lowest BCUT2D eigenvalue weighted by molar-refractivity contribution is -0.217. The van der Waals surface area contributed by atoms with Gasteiger partial charge in [0.25, 0.3) is 0 Å². The molecule has 2 aromatic rings. The Morgan fingerprint density at radius 2 is 1.80 bits per heavy atom. The highest BCUT2D eigenvalue weighted by Gasteiger charge is 2.52. The number of fused-ring (bicyclic) bond motifs is 1. The normalized spacial score (nSPS) is 28.5. The number of carbonyl (C=O) groups is 1. The zero-order chi connectivity index (χ0) is 21.3. The molecule has 2 aromatic carbocycles. The second kappa shape index (κ2) is 8.52. The number of Topliss-reactive ketones (excluding diaryl/α,β-unsaturated/α-hetero) is 1. The van der Waals surface area contributed by atoms with Gasteiger partial charge in [-0.15, -0.1) is 0 Å². The van der Waals surface area contributed by atoms with E-state index in [0.29, 0.717) is 23.9 Å². The van der Waals surface area contributed by atoms with Crippen molar-refractivity contribution in [2.24, 2.45) is 11.8 Å². The smallest absolute Gasteiger partial charge is 0.206 e. The second-order valence-electron chi connectivity index (χ2n) is 9.41. The van der Waals surface area contributed by atoms with E-state index in [9.17, 15) is 4.79 Å². The van der Waals surface area contributed by atoms with E-state index < -0.39 is 6.23 Å². The van der Waals surface area contributed by atoms with E-state index in [0.717, 1.165) is 18.6 Å². The highest BCUT2D eigenvalue weighted by molar-refractivity contribution is 5.99. The summed E-state index contributed by atoms with van der Waals surface area (Å²) in [5.74, 6) is 1.84. The van der Waals surface area contributed by atoms with Gasteiger partial charge < -0.3 is 9.47 Å². The van der Waals surface area contributed by atoms with Crippen LogP contribution < -0.4 is 4.74 Å². The predicted molar refractivity (Wildman–Crippen MR) is 119 cm³/mol. The molecule has 1 saturated carbocycles. The molecule has 4 atom stereocenters. The maximum Gasteiger partial charge on any atom is 0.206 e. The highest BCUT2D eigenvalue weighted by atomic mass is 16.5. The first kappa shape index (κ1) is 21.1. The van der Waals surface area contributed by atoms with Gasteiger partial charge in [0.1, 0.15) is 5.75 Å². The fourth-order valence-corrected chi connectivity index (χ4v) is 5.21. The van der Waals surface area contributed by atoms with Gasteiger partial charge in [-0.25, -0.2) is 0 Å². The second-order valence-corrected chi connectivity index (χ2v) is 9.41. The largest absolute Gasteiger partial charge is 0.497 e. The summed E-state index contributed by atoms with van der Waals surface area (Å²) in [4.78, 5) is 15.9. The van der Waals surface area contributed by atoms with E-state index in [1.165, 1.54) is 12.0 Å². The first-order valence-corrected chi connectivity index (χ1v) is 11.0. The standard InChI is InChI=1S/C26H33NO3/c1-18-10-15-22-23(16-18)30-25(24(28)20-11-13-21(29-4)14-12-20)27(26(22,2)3)17-19-8-6-5-7-9-19/h5-9,11-14,18,22-23,25H,10,15-17H2,1-4H3. The zero-order valence-corrected chi connectivity index (χ0v) is 18.5. The maximum atomic E-state index is 13.6. The maximum absolute atomic E-state index is 13.6. The molecule has 2 aliphatic rings. The number of hydrogen-bond donors (Lipinski definition) is 0. The van der Waals surface area contributed by atoms with Gasteiger partial charge in [-0.1, -0.05) is 43.7 Å². The van der Waals surface area contributed by atoms with Gasteiger partial charge in [0.05, 0.1) is 13.2 Å². The van der Waals surface area contributed by atoms with Crippen LogP contribution in [0.2, 0.25) is 0 Å². The summed E-state index contributed by atoms with van der Waals surface area (Å²) >= 11 is 0. The average molecular weight is 408 g/mol. The third-order valence-electron chi connectivity index (χ3n) is 7.08. The Morgan fingerprint density at radius 1 is 1.10 bits per heavy atom. The number of ketones is 1. The third kappa shape index (κ3) is 4.03. The van der Waals surface area contributed by atoms with Crippen LogP contribution in [0.4, 0.5) is 0 Å². The number of hydrogen-bond acceptors (Lipinski definition) is 4. The lowest BCUT2D eigenvalue weighted by Crippen LogP contribution is -2.66. The van der Waals surface area contributed by atoms with Gasteiger partial charge in [-0.2, -0.15) is 0 Å². The number of ether oxygens (including phenoxy) is 2. The summed E-state index contributed by atoms with van der Waals surface area (Å²) in [6, 6.07) is 17.8. The first-order valence-electron chi connectivity index (χ1n) is 11.0. The fraction of sp³-hybridized carbons (Fsp3) is 0.500. The lowest BCUT2D eigenvalue weighted by Gasteiger charge is -2.56. The van der Waals surface area contributed by atoms with E-state index in [4.69, 9.17) is 9.47 Å². The summed E-state index contributed by atoms with van der Waals surface area (Å²) in [5.41, 5.74) is 1.73. The van der Waals surface area contributed by atoms with Gasteiger partial charge in [0, 0.05) is 23.6 Å². The fourth-order valence-electron chi connectivity index (χ4n) is 5.21. The van der Waals surface area contributed by atoms with E-state index in [1.807, 2.05) is 30.3 Å². The first-order chi connectivity index (χ1) is 14.4. The van der Waals surface area contributed by atoms with E-state index in [1.54, 1.807) is 7.11 Å². The molecule has 4 nitrogen and oxygen atoms in total. The highest BCUT2D eigenvalue weighted by Crippen LogP contribution is 2.46. The summed E-state index contributed by atoms with van der Waals surface area (Å²) in [6.07, 6.45) is 2.94. The Morgan fingerprint density at radius 3 is 2.47 bits per heavy atom. The SMILES string of the molecule is COc1ccc(C(=O)C2OC3CC(C)CCC3C(C)(C)N2Cc2ccccc2)cc1. The molecule has 160 valence electrons. The van der Waals surface area contributed by atoms with Crippen LogP contribution in [0.25, 0.3) is 0 Å². The Labute approximate surface area is 180 Å². The molecule has 0 aromatic heterocycles. The van der Waals surface area contributed by atoms with E-state index >= 15 is 0 Å². The van der Waals surface area contributed by atoms with Crippen molar-refractivity contribution < 1.29 is 14.3 Å².